The van der Waals surface area contributed by atoms with E-state index in [1.807, 2.05) is 0 Å². The van der Waals surface area contributed by atoms with Crippen molar-refractivity contribution in [2.75, 3.05) is 0 Å². The molecule has 1 heterocycles. The summed E-state index contributed by atoms with van der Waals surface area (Å²) in [5.41, 5.74) is 8.47. The number of hydrogen-bond acceptors (Lipinski definition) is 1. The van der Waals surface area contributed by atoms with Crippen molar-refractivity contribution in [3.63, 3.8) is 0 Å². The van der Waals surface area contributed by atoms with E-state index in [2.05, 4.69) is 70.2 Å². The van der Waals surface area contributed by atoms with Gasteiger partial charge in [-0.2, -0.15) is 0 Å². The van der Waals surface area contributed by atoms with Gasteiger partial charge in [-0.3, -0.25) is 0 Å². The van der Waals surface area contributed by atoms with Crippen molar-refractivity contribution in [1.29, 1.82) is 0 Å². The monoisotopic (exact) mass is 261 g/mol. The molecule has 1 heteroatoms. The molecule has 0 amide bonds. The maximum Gasteiger partial charge on any atom is 0.0715 e. The molecule has 0 bridgehead atoms. The van der Waals surface area contributed by atoms with Crippen LogP contribution < -0.4 is 0 Å². The van der Waals surface area contributed by atoms with Gasteiger partial charge in [0.1, 0.15) is 0 Å². The van der Waals surface area contributed by atoms with Crippen LogP contribution in [0.15, 0.2) is 42.5 Å². The standard InChI is InChI=1S/C19H19N/c1-12-5-7-14(3)17(9-12)19-11-15(4)16-8-6-13(2)10-18(16)20-19/h5-11H,1-4H3. The van der Waals surface area contributed by atoms with Crippen molar-refractivity contribution in [2.24, 2.45) is 0 Å². The number of nitrogens with zero attached hydrogens (tertiary/aromatic N) is 1. The van der Waals surface area contributed by atoms with Crippen LogP contribution in [0, 0.1) is 27.7 Å². The van der Waals surface area contributed by atoms with E-state index >= 15 is 0 Å². The SMILES string of the molecule is Cc1ccc(C)c(-c2cc(C)c3ccc(C)cc3n2)c1. The third-order valence-corrected chi connectivity index (χ3v) is 3.84. The summed E-state index contributed by atoms with van der Waals surface area (Å²) in [5.74, 6) is 0. The minimum Gasteiger partial charge on any atom is -0.248 e. The Labute approximate surface area is 120 Å². The van der Waals surface area contributed by atoms with Crippen molar-refractivity contribution in [2.45, 2.75) is 27.7 Å². The highest BCUT2D eigenvalue weighted by atomic mass is 14.7. The lowest BCUT2D eigenvalue weighted by Crippen LogP contribution is -1.92. The number of rotatable bonds is 1. The molecule has 3 rings (SSSR count). The summed E-state index contributed by atoms with van der Waals surface area (Å²) in [6.07, 6.45) is 0. The zero-order chi connectivity index (χ0) is 14.3. The summed E-state index contributed by atoms with van der Waals surface area (Å²) >= 11 is 0. The number of aryl methyl sites for hydroxylation is 4. The third kappa shape index (κ3) is 2.20. The first-order valence-corrected chi connectivity index (χ1v) is 7.00. The number of aromatic nitrogens is 1. The van der Waals surface area contributed by atoms with Crippen LogP contribution in [-0.4, -0.2) is 4.98 Å². The Hall–Kier alpha value is -2.15. The van der Waals surface area contributed by atoms with E-state index < -0.39 is 0 Å². The van der Waals surface area contributed by atoms with E-state index in [9.17, 15) is 0 Å². The third-order valence-electron chi connectivity index (χ3n) is 3.84. The van der Waals surface area contributed by atoms with Gasteiger partial charge in [0.05, 0.1) is 11.2 Å². The van der Waals surface area contributed by atoms with Crippen molar-refractivity contribution in [3.8, 4) is 11.3 Å². The highest BCUT2D eigenvalue weighted by Crippen LogP contribution is 2.27. The predicted molar refractivity (Wildman–Crippen MR) is 86.1 cm³/mol. The topological polar surface area (TPSA) is 12.9 Å². The second-order valence-corrected chi connectivity index (χ2v) is 5.66. The van der Waals surface area contributed by atoms with Crippen LogP contribution in [0.25, 0.3) is 22.2 Å². The predicted octanol–water partition coefficient (Wildman–Crippen LogP) is 5.14. The summed E-state index contributed by atoms with van der Waals surface area (Å²) in [6.45, 7) is 8.54. The summed E-state index contributed by atoms with van der Waals surface area (Å²) < 4.78 is 0. The van der Waals surface area contributed by atoms with Crippen LogP contribution >= 0.6 is 0 Å². The van der Waals surface area contributed by atoms with Crippen molar-refractivity contribution in [1.82, 2.24) is 4.98 Å². The van der Waals surface area contributed by atoms with Gasteiger partial charge in [-0.15, -0.1) is 0 Å². The number of pyridine rings is 1. The smallest absolute Gasteiger partial charge is 0.0715 e. The van der Waals surface area contributed by atoms with Crippen LogP contribution in [0.3, 0.4) is 0 Å². The molecular formula is C19H19N. The van der Waals surface area contributed by atoms with Gasteiger partial charge in [-0.1, -0.05) is 29.8 Å². The largest absolute Gasteiger partial charge is 0.248 e. The van der Waals surface area contributed by atoms with E-state index in [-0.39, 0.29) is 0 Å². The molecule has 0 radical (unpaired) electrons. The van der Waals surface area contributed by atoms with E-state index in [1.54, 1.807) is 0 Å². The zero-order valence-corrected chi connectivity index (χ0v) is 12.5. The van der Waals surface area contributed by atoms with Crippen LogP contribution in [0.5, 0.6) is 0 Å². The number of benzene rings is 2. The van der Waals surface area contributed by atoms with Crippen molar-refractivity contribution >= 4 is 10.9 Å². The van der Waals surface area contributed by atoms with Gasteiger partial charge in [0, 0.05) is 10.9 Å². The molecule has 0 saturated carbocycles. The molecule has 0 fully saturated rings. The minimum atomic E-state index is 1.07. The molecule has 1 nitrogen and oxygen atoms in total. The maximum atomic E-state index is 4.87. The summed E-state index contributed by atoms with van der Waals surface area (Å²) in [5, 5.41) is 1.24. The highest BCUT2D eigenvalue weighted by molar-refractivity contribution is 5.85. The Morgan fingerprint density at radius 3 is 2.20 bits per heavy atom. The highest BCUT2D eigenvalue weighted by Gasteiger charge is 2.07. The van der Waals surface area contributed by atoms with Gasteiger partial charge in [0.15, 0.2) is 0 Å². The van der Waals surface area contributed by atoms with Gasteiger partial charge in [-0.25, -0.2) is 4.98 Å². The van der Waals surface area contributed by atoms with Gasteiger partial charge in [0.25, 0.3) is 0 Å². The Kier molecular flexibility index (Phi) is 3.06. The molecule has 0 saturated heterocycles. The first-order valence-electron chi connectivity index (χ1n) is 7.00. The van der Waals surface area contributed by atoms with Crippen LogP contribution in [-0.2, 0) is 0 Å². The average Bonchev–Trinajstić information content (AvgIpc) is 2.41. The van der Waals surface area contributed by atoms with E-state index in [0.29, 0.717) is 0 Å². The van der Waals surface area contributed by atoms with E-state index in [0.717, 1.165) is 11.2 Å². The van der Waals surface area contributed by atoms with Crippen LogP contribution in [0.4, 0.5) is 0 Å². The molecule has 0 spiro atoms. The summed E-state index contributed by atoms with van der Waals surface area (Å²) in [6, 6.07) is 15.2. The number of fused-ring (bicyclic) bond motifs is 1. The second-order valence-electron chi connectivity index (χ2n) is 5.66. The van der Waals surface area contributed by atoms with Gasteiger partial charge in [0.2, 0.25) is 0 Å². The summed E-state index contributed by atoms with van der Waals surface area (Å²) in [4.78, 5) is 4.87. The molecule has 3 aromatic rings. The van der Waals surface area contributed by atoms with Crippen molar-refractivity contribution in [3.05, 3.63) is 64.7 Å². The van der Waals surface area contributed by atoms with Gasteiger partial charge < -0.3 is 0 Å². The molecule has 20 heavy (non-hydrogen) atoms. The average molecular weight is 261 g/mol. The molecule has 2 aromatic carbocycles. The fourth-order valence-electron chi connectivity index (χ4n) is 2.66. The second kappa shape index (κ2) is 4.75. The maximum absolute atomic E-state index is 4.87. The fourth-order valence-corrected chi connectivity index (χ4v) is 2.66. The summed E-state index contributed by atoms with van der Waals surface area (Å²) in [7, 11) is 0. The molecule has 0 aliphatic rings. The first kappa shape index (κ1) is 12.9. The van der Waals surface area contributed by atoms with E-state index in [1.165, 1.54) is 33.2 Å². The Morgan fingerprint density at radius 1 is 0.700 bits per heavy atom. The zero-order valence-electron chi connectivity index (χ0n) is 12.5. The normalized spacial score (nSPS) is 11.0. The van der Waals surface area contributed by atoms with Crippen LogP contribution in [0.2, 0.25) is 0 Å². The minimum absolute atomic E-state index is 1.07. The Bertz CT molecular complexity index is 800. The molecule has 0 N–H and O–H groups in total. The molecule has 0 atom stereocenters. The Morgan fingerprint density at radius 2 is 1.40 bits per heavy atom. The molecule has 0 unspecified atom stereocenters. The molecule has 1 aromatic heterocycles. The molecular weight excluding hydrogens is 242 g/mol. The van der Waals surface area contributed by atoms with E-state index in [4.69, 9.17) is 4.98 Å². The van der Waals surface area contributed by atoms with Gasteiger partial charge in [-0.05, 0) is 62.6 Å². The van der Waals surface area contributed by atoms with Crippen LogP contribution in [0.1, 0.15) is 22.3 Å². The lowest BCUT2D eigenvalue weighted by atomic mass is 9.99. The molecule has 100 valence electrons. The quantitative estimate of drug-likeness (QED) is 0.591. The van der Waals surface area contributed by atoms with Crippen molar-refractivity contribution < 1.29 is 0 Å². The number of hydrogen-bond donors (Lipinski definition) is 0. The molecule has 0 aliphatic carbocycles. The first-order chi connectivity index (χ1) is 9.54. The van der Waals surface area contributed by atoms with Gasteiger partial charge >= 0.3 is 0 Å². The molecule has 0 aliphatic heterocycles. The lowest BCUT2D eigenvalue weighted by molar-refractivity contribution is 1.31. The fraction of sp³-hybridized carbons (Fsp3) is 0.211. The lowest BCUT2D eigenvalue weighted by Gasteiger charge is -2.10. The Balaban J connectivity index is 2.29.